The van der Waals surface area contributed by atoms with E-state index in [0.29, 0.717) is 10.9 Å². The van der Waals surface area contributed by atoms with Crippen LogP contribution >= 0.6 is 15.9 Å². The number of hydrogen-bond acceptors (Lipinski definition) is 4. The molecule has 5 nitrogen and oxygen atoms in total. The van der Waals surface area contributed by atoms with Gasteiger partial charge in [-0.25, -0.2) is 12.8 Å². The Balaban J connectivity index is 2.44. The van der Waals surface area contributed by atoms with Crippen LogP contribution in [0.3, 0.4) is 0 Å². The predicted octanol–water partition coefficient (Wildman–Crippen LogP) is 1.32. The second kappa shape index (κ2) is 4.69. The number of rotatable bonds is 2. The van der Waals surface area contributed by atoms with Gasteiger partial charge in [-0.3, -0.25) is 0 Å². The molecule has 0 amide bonds. The van der Waals surface area contributed by atoms with Gasteiger partial charge in [-0.15, -0.1) is 0 Å². The molecule has 1 aliphatic rings. The zero-order valence-corrected chi connectivity index (χ0v) is 12.6. The average molecular weight is 353 g/mol. The Morgan fingerprint density at radius 2 is 2.16 bits per heavy atom. The highest BCUT2D eigenvalue weighted by atomic mass is 79.9. The molecule has 19 heavy (non-hydrogen) atoms. The summed E-state index contributed by atoms with van der Waals surface area (Å²) in [5.41, 5.74) is 4.66. The summed E-state index contributed by atoms with van der Waals surface area (Å²) in [6.07, 6.45) is 0.319. The molecule has 0 spiro atoms. The van der Waals surface area contributed by atoms with Crippen molar-refractivity contribution < 1.29 is 17.9 Å². The van der Waals surface area contributed by atoms with Gasteiger partial charge in [0.1, 0.15) is 10.7 Å². The molecule has 0 radical (unpaired) electrons. The molecule has 0 aromatic heterocycles. The van der Waals surface area contributed by atoms with Gasteiger partial charge in [0, 0.05) is 23.2 Å². The number of halogens is 2. The predicted molar refractivity (Wildman–Crippen MR) is 72.5 cm³/mol. The Labute approximate surface area is 119 Å². The van der Waals surface area contributed by atoms with Crippen molar-refractivity contribution in [3.63, 3.8) is 0 Å². The van der Waals surface area contributed by atoms with Gasteiger partial charge in [0.05, 0.1) is 5.60 Å². The van der Waals surface area contributed by atoms with Gasteiger partial charge in [-0.05, 0) is 41.4 Å². The molecular weight excluding hydrogens is 339 g/mol. The second-order valence-corrected chi connectivity index (χ2v) is 7.65. The highest BCUT2D eigenvalue weighted by Gasteiger charge is 2.39. The van der Waals surface area contributed by atoms with Gasteiger partial charge in [0.25, 0.3) is 0 Å². The summed E-state index contributed by atoms with van der Waals surface area (Å²) in [6, 6.07) is 2.11. The van der Waals surface area contributed by atoms with Crippen molar-refractivity contribution in [1.29, 1.82) is 0 Å². The van der Waals surface area contributed by atoms with E-state index in [9.17, 15) is 17.9 Å². The number of hydrogen-bond donors (Lipinski definition) is 2. The molecular formula is C11H14BrFN2O3S. The monoisotopic (exact) mass is 352 g/mol. The fourth-order valence-electron chi connectivity index (χ4n) is 1.99. The first-order valence-electron chi connectivity index (χ1n) is 5.60. The van der Waals surface area contributed by atoms with E-state index in [1.807, 2.05) is 0 Å². The maximum absolute atomic E-state index is 13.8. The maximum atomic E-state index is 13.8. The van der Waals surface area contributed by atoms with E-state index in [0.717, 1.165) is 16.4 Å². The van der Waals surface area contributed by atoms with Gasteiger partial charge in [0.2, 0.25) is 10.0 Å². The van der Waals surface area contributed by atoms with E-state index in [2.05, 4.69) is 15.9 Å². The summed E-state index contributed by atoms with van der Waals surface area (Å²) >= 11 is 3.04. The fraction of sp³-hybridized carbons (Fsp3) is 0.455. The van der Waals surface area contributed by atoms with Crippen molar-refractivity contribution >= 4 is 31.6 Å². The lowest BCUT2D eigenvalue weighted by molar-refractivity contribution is 0.0762. The van der Waals surface area contributed by atoms with E-state index in [4.69, 9.17) is 5.73 Å². The summed E-state index contributed by atoms with van der Waals surface area (Å²) in [6.45, 7) is 1.66. The molecule has 1 aromatic rings. The van der Waals surface area contributed by atoms with Crippen LogP contribution in [-0.4, -0.2) is 36.5 Å². The lowest BCUT2D eigenvalue weighted by Gasteiger charge is -2.19. The molecule has 2 rings (SSSR count). The Bertz CT molecular complexity index is 619. The molecule has 1 fully saturated rings. The topological polar surface area (TPSA) is 83.6 Å². The average Bonchev–Trinajstić information content (AvgIpc) is 2.64. The van der Waals surface area contributed by atoms with Crippen LogP contribution in [0.4, 0.5) is 10.1 Å². The van der Waals surface area contributed by atoms with Crippen molar-refractivity contribution in [2.45, 2.75) is 23.8 Å². The SMILES string of the molecule is CC1(O)CCN(S(=O)(=O)c2cc(N)c(Br)cc2F)C1. The van der Waals surface area contributed by atoms with E-state index in [1.54, 1.807) is 6.92 Å². The second-order valence-electron chi connectivity index (χ2n) is 4.89. The summed E-state index contributed by atoms with van der Waals surface area (Å²) in [4.78, 5) is -0.467. The number of aliphatic hydroxyl groups is 1. The van der Waals surface area contributed by atoms with Gasteiger partial charge in [-0.2, -0.15) is 4.31 Å². The van der Waals surface area contributed by atoms with Crippen LogP contribution < -0.4 is 5.73 Å². The summed E-state index contributed by atoms with van der Waals surface area (Å²) in [5.74, 6) is -0.868. The molecule has 1 unspecified atom stereocenters. The largest absolute Gasteiger partial charge is 0.398 e. The van der Waals surface area contributed by atoms with Crippen molar-refractivity contribution in [2.75, 3.05) is 18.8 Å². The highest BCUT2D eigenvalue weighted by molar-refractivity contribution is 9.10. The van der Waals surface area contributed by atoms with Crippen molar-refractivity contribution in [2.24, 2.45) is 0 Å². The zero-order chi connectivity index (χ0) is 14.4. The van der Waals surface area contributed by atoms with Crippen LogP contribution in [0.25, 0.3) is 0 Å². The molecule has 0 saturated carbocycles. The molecule has 1 atom stereocenters. The van der Waals surface area contributed by atoms with Crippen molar-refractivity contribution in [1.82, 2.24) is 4.31 Å². The molecule has 8 heteroatoms. The molecule has 1 heterocycles. The lowest BCUT2D eigenvalue weighted by atomic mass is 10.1. The van der Waals surface area contributed by atoms with E-state index in [-0.39, 0.29) is 18.8 Å². The van der Waals surface area contributed by atoms with Crippen LogP contribution in [-0.2, 0) is 10.0 Å². The molecule has 1 aromatic carbocycles. The first kappa shape index (κ1) is 14.7. The fourth-order valence-corrected chi connectivity index (χ4v) is 3.94. The van der Waals surface area contributed by atoms with Crippen LogP contribution in [0.5, 0.6) is 0 Å². The Morgan fingerprint density at radius 3 is 2.68 bits per heavy atom. The molecule has 0 aliphatic carbocycles. The standard InChI is InChI=1S/C11H14BrFN2O3S/c1-11(16)2-3-15(6-11)19(17,18)10-5-9(14)7(12)4-8(10)13/h4-5,16H,2-3,6,14H2,1H3. The molecule has 1 aliphatic heterocycles. The number of sulfonamides is 1. The minimum atomic E-state index is -3.98. The third kappa shape index (κ3) is 2.76. The van der Waals surface area contributed by atoms with Gasteiger partial charge >= 0.3 is 0 Å². The maximum Gasteiger partial charge on any atom is 0.246 e. The first-order chi connectivity index (χ1) is 8.63. The number of benzene rings is 1. The number of β-amino-alcohol motifs (C(OH)–C–C–N with tert-alkyl or cyclic N) is 1. The zero-order valence-electron chi connectivity index (χ0n) is 10.2. The highest BCUT2D eigenvalue weighted by Crippen LogP contribution is 2.31. The van der Waals surface area contributed by atoms with Crippen LogP contribution in [0.2, 0.25) is 0 Å². The van der Waals surface area contributed by atoms with Crippen molar-refractivity contribution in [3.8, 4) is 0 Å². The summed E-state index contributed by atoms with van der Waals surface area (Å²) in [7, 11) is -3.98. The van der Waals surface area contributed by atoms with Gasteiger partial charge < -0.3 is 10.8 Å². The number of nitrogen functional groups attached to an aromatic ring is 1. The minimum Gasteiger partial charge on any atom is -0.398 e. The Hall–Kier alpha value is -0.700. The van der Waals surface area contributed by atoms with Gasteiger partial charge in [0.15, 0.2) is 0 Å². The van der Waals surface area contributed by atoms with Crippen LogP contribution in [0.1, 0.15) is 13.3 Å². The normalized spacial score (nSPS) is 24.8. The molecule has 1 saturated heterocycles. The van der Waals surface area contributed by atoms with E-state index >= 15 is 0 Å². The minimum absolute atomic E-state index is 0.0509. The first-order valence-corrected chi connectivity index (χ1v) is 7.84. The number of nitrogens with two attached hydrogens (primary N) is 1. The third-order valence-corrected chi connectivity index (χ3v) is 5.63. The smallest absolute Gasteiger partial charge is 0.246 e. The van der Waals surface area contributed by atoms with Crippen LogP contribution in [0, 0.1) is 5.82 Å². The van der Waals surface area contributed by atoms with Crippen LogP contribution in [0.15, 0.2) is 21.5 Å². The number of nitrogens with zero attached hydrogens (tertiary/aromatic N) is 1. The van der Waals surface area contributed by atoms with Gasteiger partial charge in [-0.1, -0.05) is 0 Å². The summed E-state index contributed by atoms with van der Waals surface area (Å²) in [5, 5.41) is 9.81. The lowest BCUT2D eigenvalue weighted by Crippen LogP contribution is -2.34. The molecule has 106 valence electrons. The van der Waals surface area contributed by atoms with Crippen molar-refractivity contribution in [3.05, 3.63) is 22.4 Å². The summed E-state index contributed by atoms with van der Waals surface area (Å²) < 4.78 is 39.8. The molecule has 3 N–H and O–H groups in total. The Morgan fingerprint density at radius 1 is 1.53 bits per heavy atom. The number of anilines is 1. The van der Waals surface area contributed by atoms with E-state index in [1.165, 1.54) is 0 Å². The molecule has 0 bridgehead atoms. The third-order valence-electron chi connectivity index (χ3n) is 3.09. The van der Waals surface area contributed by atoms with E-state index < -0.39 is 26.3 Å². The Kier molecular flexibility index (Phi) is 3.63. The quantitative estimate of drug-likeness (QED) is 0.786.